The molecule has 1 aromatic heterocycles. The van der Waals surface area contributed by atoms with Crippen molar-refractivity contribution in [1.82, 2.24) is 9.97 Å². The van der Waals surface area contributed by atoms with Gasteiger partial charge in [-0.25, -0.2) is 9.97 Å². The summed E-state index contributed by atoms with van der Waals surface area (Å²) in [5.74, 6) is 2.54. The third-order valence-electron chi connectivity index (χ3n) is 2.62. The zero-order valence-corrected chi connectivity index (χ0v) is 13.1. The number of nitrogens with zero attached hydrogens (tertiary/aromatic N) is 2. The standard InChI is InChI=1S/C11H14ClIN2S/c1-6(2)9-8(13)10(12)15-11(14-9)7-4-3-5-16-7/h6-7H,3-5H2,1-2H3. The molecule has 16 heavy (non-hydrogen) atoms. The van der Waals surface area contributed by atoms with Crippen molar-refractivity contribution in [2.45, 2.75) is 37.9 Å². The van der Waals surface area contributed by atoms with Crippen LogP contribution in [0.5, 0.6) is 0 Å². The van der Waals surface area contributed by atoms with Gasteiger partial charge in [0.15, 0.2) is 0 Å². The van der Waals surface area contributed by atoms with Gasteiger partial charge in [-0.2, -0.15) is 11.8 Å². The molecule has 0 bridgehead atoms. The molecule has 0 radical (unpaired) electrons. The molecule has 0 spiro atoms. The number of hydrogen-bond donors (Lipinski definition) is 0. The lowest BCUT2D eigenvalue weighted by atomic mass is 10.1. The number of halogens is 2. The predicted octanol–water partition coefficient (Wildman–Crippen LogP) is 4.43. The van der Waals surface area contributed by atoms with Crippen LogP contribution in [0.1, 0.15) is 49.4 Å². The molecule has 2 heterocycles. The second kappa shape index (κ2) is 5.40. The van der Waals surface area contributed by atoms with E-state index in [1.54, 1.807) is 0 Å². The molecular weight excluding hydrogens is 355 g/mol. The fourth-order valence-electron chi connectivity index (χ4n) is 1.76. The molecule has 1 fully saturated rings. The summed E-state index contributed by atoms with van der Waals surface area (Å²) in [4.78, 5) is 9.11. The van der Waals surface area contributed by atoms with E-state index in [-0.39, 0.29) is 0 Å². The Labute approximate surface area is 119 Å². The van der Waals surface area contributed by atoms with Gasteiger partial charge in [-0.15, -0.1) is 0 Å². The quantitative estimate of drug-likeness (QED) is 0.570. The monoisotopic (exact) mass is 368 g/mol. The number of thioether (sulfide) groups is 1. The highest BCUT2D eigenvalue weighted by molar-refractivity contribution is 14.1. The Bertz CT molecular complexity index is 392. The Kier molecular flexibility index (Phi) is 4.35. The van der Waals surface area contributed by atoms with Crippen LogP contribution in [-0.2, 0) is 0 Å². The van der Waals surface area contributed by atoms with Crippen LogP contribution in [-0.4, -0.2) is 15.7 Å². The van der Waals surface area contributed by atoms with E-state index in [0.29, 0.717) is 16.3 Å². The molecule has 1 aliphatic rings. The summed E-state index contributed by atoms with van der Waals surface area (Å²) in [7, 11) is 0. The van der Waals surface area contributed by atoms with Crippen molar-refractivity contribution in [2.75, 3.05) is 5.75 Å². The third-order valence-corrected chi connectivity index (χ3v) is 5.65. The van der Waals surface area contributed by atoms with E-state index in [4.69, 9.17) is 16.6 Å². The van der Waals surface area contributed by atoms with Gasteiger partial charge in [0, 0.05) is 0 Å². The lowest BCUT2D eigenvalue weighted by molar-refractivity contribution is 0.735. The maximum Gasteiger partial charge on any atom is 0.146 e. The second-order valence-corrected chi connectivity index (χ2v) is 6.98. The van der Waals surface area contributed by atoms with Gasteiger partial charge in [-0.3, -0.25) is 0 Å². The maximum absolute atomic E-state index is 6.17. The van der Waals surface area contributed by atoms with Crippen molar-refractivity contribution in [3.05, 3.63) is 20.2 Å². The zero-order chi connectivity index (χ0) is 11.7. The van der Waals surface area contributed by atoms with Gasteiger partial charge in [-0.1, -0.05) is 25.4 Å². The fraction of sp³-hybridized carbons (Fsp3) is 0.636. The molecule has 1 saturated heterocycles. The minimum absolute atomic E-state index is 0.401. The summed E-state index contributed by atoms with van der Waals surface area (Å²) >= 11 is 10.4. The van der Waals surface area contributed by atoms with Crippen LogP contribution in [0.2, 0.25) is 5.15 Å². The molecule has 88 valence electrons. The molecule has 2 rings (SSSR count). The summed E-state index contributed by atoms with van der Waals surface area (Å²) in [5, 5.41) is 1.06. The average molecular weight is 369 g/mol. The van der Waals surface area contributed by atoms with Gasteiger partial charge in [0.05, 0.1) is 14.5 Å². The van der Waals surface area contributed by atoms with E-state index in [1.807, 2.05) is 11.8 Å². The predicted molar refractivity (Wildman–Crippen MR) is 78.3 cm³/mol. The van der Waals surface area contributed by atoms with Crippen LogP contribution in [0.25, 0.3) is 0 Å². The molecule has 0 aliphatic carbocycles. The van der Waals surface area contributed by atoms with Gasteiger partial charge in [0.2, 0.25) is 0 Å². The molecule has 2 nitrogen and oxygen atoms in total. The summed E-state index contributed by atoms with van der Waals surface area (Å²) in [5.41, 5.74) is 1.09. The lowest BCUT2D eigenvalue weighted by Gasteiger charge is -2.13. The Morgan fingerprint density at radius 3 is 2.75 bits per heavy atom. The Morgan fingerprint density at radius 2 is 2.19 bits per heavy atom. The van der Waals surface area contributed by atoms with E-state index in [1.165, 1.54) is 18.6 Å². The fourth-order valence-corrected chi connectivity index (χ4v) is 4.01. The summed E-state index contributed by atoms with van der Waals surface area (Å²) < 4.78 is 1.00. The molecule has 1 unspecified atom stereocenters. The average Bonchev–Trinajstić information content (AvgIpc) is 2.74. The van der Waals surface area contributed by atoms with E-state index < -0.39 is 0 Å². The normalized spacial score (nSPS) is 20.7. The molecule has 1 atom stereocenters. The molecule has 0 N–H and O–H groups in total. The van der Waals surface area contributed by atoms with Gasteiger partial charge < -0.3 is 0 Å². The minimum Gasteiger partial charge on any atom is -0.235 e. The number of aromatic nitrogens is 2. The smallest absolute Gasteiger partial charge is 0.146 e. The number of rotatable bonds is 2. The first kappa shape index (κ1) is 12.9. The van der Waals surface area contributed by atoms with Crippen LogP contribution in [0.15, 0.2) is 0 Å². The van der Waals surface area contributed by atoms with Gasteiger partial charge in [0.25, 0.3) is 0 Å². The van der Waals surface area contributed by atoms with Crippen LogP contribution in [0.3, 0.4) is 0 Å². The molecule has 0 saturated carbocycles. The Morgan fingerprint density at radius 1 is 1.44 bits per heavy atom. The molecule has 0 amide bonds. The maximum atomic E-state index is 6.17. The molecular formula is C11H14ClIN2S. The first-order chi connectivity index (χ1) is 7.59. The van der Waals surface area contributed by atoms with Crippen LogP contribution in [0.4, 0.5) is 0 Å². The van der Waals surface area contributed by atoms with Crippen LogP contribution < -0.4 is 0 Å². The van der Waals surface area contributed by atoms with Crippen molar-refractivity contribution in [1.29, 1.82) is 0 Å². The topological polar surface area (TPSA) is 25.8 Å². The molecule has 1 aromatic rings. The van der Waals surface area contributed by atoms with Crippen LogP contribution >= 0.6 is 46.0 Å². The van der Waals surface area contributed by atoms with Gasteiger partial charge in [0.1, 0.15) is 11.0 Å². The lowest BCUT2D eigenvalue weighted by Crippen LogP contribution is -2.06. The van der Waals surface area contributed by atoms with Crippen molar-refractivity contribution in [3.8, 4) is 0 Å². The molecule has 1 aliphatic heterocycles. The van der Waals surface area contributed by atoms with Crippen molar-refractivity contribution in [2.24, 2.45) is 0 Å². The largest absolute Gasteiger partial charge is 0.235 e. The highest BCUT2D eigenvalue weighted by atomic mass is 127. The second-order valence-electron chi connectivity index (χ2n) is 4.23. The molecule has 5 heteroatoms. The minimum atomic E-state index is 0.401. The zero-order valence-electron chi connectivity index (χ0n) is 9.33. The van der Waals surface area contributed by atoms with E-state index in [0.717, 1.165) is 15.1 Å². The highest BCUT2D eigenvalue weighted by Gasteiger charge is 2.23. The molecule has 0 aromatic carbocycles. The van der Waals surface area contributed by atoms with Crippen molar-refractivity contribution >= 4 is 46.0 Å². The van der Waals surface area contributed by atoms with Gasteiger partial charge >= 0.3 is 0 Å². The third kappa shape index (κ3) is 2.64. The summed E-state index contributed by atoms with van der Waals surface area (Å²) in [6.07, 6.45) is 2.44. The first-order valence-electron chi connectivity index (χ1n) is 5.44. The van der Waals surface area contributed by atoms with Crippen LogP contribution in [0, 0.1) is 3.57 Å². The van der Waals surface area contributed by atoms with Gasteiger partial charge in [-0.05, 0) is 47.1 Å². The van der Waals surface area contributed by atoms with Crippen molar-refractivity contribution < 1.29 is 0 Å². The SMILES string of the molecule is CC(C)c1nc(C2CCCS2)nc(Cl)c1I. The van der Waals surface area contributed by atoms with E-state index in [2.05, 4.69) is 41.4 Å². The summed E-state index contributed by atoms with van der Waals surface area (Å²) in [6, 6.07) is 0. The Balaban J connectivity index is 2.39. The highest BCUT2D eigenvalue weighted by Crippen LogP contribution is 2.39. The van der Waals surface area contributed by atoms with Crippen molar-refractivity contribution in [3.63, 3.8) is 0 Å². The summed E-state index contributed by atoms with van der Waals surface area (Å²) in [6.45, 7) is 4.29. The van der Waals surface area contributed by atoms with E-state index in [9.17, 15) is 0 Å². The number of hydrogen-bond acceptors (Lipinski definition) is 3. The van der Waals surface area contributed by atoms with E-state index >= 15 is 0 Å². The first-order valence-corrected chi connectivity index (χ1v) is 7.94. The Hall–Kier alpha value is 0.450.